The quantitative estimate of drug-likeness (QED) is 0.659. The lowest BCUT2D eigenvalue weighted by Crippen LogP contribution is -2.30. The third-order valence-corrected chi connectivity index (χ3v) is 4.41. The van der Waals surface area contributed by atoms with E-state index < -0.39 is 29.8 Å². The molecule has 1 aliphatic heterocycles. The summed E-state index contributed by atoms with van der Waals surface area (Å²) in [6.07, 6.45) is -1.10. The van der Waals surface area contributed by atoms with Crippen molar-refractivity contribution in [3.05, 3.63) is 64.2 Å². The van der Waals surface area contributed by atoms with Gasteiger partial charge in [0.05, 0.1) is 22.4 Å². The lowest BCUT2D eigenvalue weighted by molar-refractivity contribution is -0.125. The number of aryl methyl sites for hydroxylation is 2. The van der Waals surface area contributed by atoms with E-state index in [1.807, 2.05) is 26.0 Å². The van der Waals surface area contributed by atoms with E-state index in [-0.39, 0.29) is 16.7 Å². The number of imide groups is 1. The van der Waals surface area contributed by atoms with Crippen molar-refractivity contribution >= 4 is 29.4 Å². The number of nitrogens with zero attached hydrogens (tertiary/aromatic N) is 1. The van der Waals surface area contributed by atoms with Gasteiger partial charge in [-0.25, -0.2) is 9.69 Å². The molecule has 1 atom stereocenters. The average Bonchev–Trinajstić information content (AvgIpc) is 2.87. The maximum Gasteiger partial charge on any atom is 0.338 e. The van der Waals surface area contributed by atoms with E-state index in [1.165, 1.54) is 25.1 Å². The second-order valence-electron chi connectivity index (χ2n) is 6.45. The van der Waals surface area contributed by atoms with Crippen molar-refractivity contribution in [2.75, 3.05) is 4.90 Å². The number of nitrogens with two attached hydrogens (primary N) is 1. The zero-order valence-electron chi connectivity index (χ0n) is 15.1. The van der Waals surface area contributed by atoms with Crippen LogP contribution in [0.2, 0.25) is 0 Å². The van der Waals surface area contributed by atoms with Crippen LogP contribution < -0.4 is 10.6 Å². The summed E-state index contributed by atoms with van der Waals surface area (Å²) in [5.74, 6) is -2.54. The molecule has 138 valence electrons. The number of carbonyl (C=O) groups is 4. The van der Waals surface area contributed by atoms with Crippen LogP contribution in [0.4, 0.5) is 5.69 Å². The number of hydrogen-bond donors (Lipinski definition) is 1. The van der Waals surface area contributed by atoms with Crippen LogP contribution in [0.5, 0.6) is 0 Å². The molecule has 2 aromatic rings. The number of primary amides is 1. The smallest absolute Gasteiger partial charge is 0.338 e. The number of benzene rings is 2. The maximum atomic E-state index is 12.9. The summed E-state index contributed by atoms with van der Waals surface area (Å²) in [5.41, 5.74) is 7.67. The van der Waals surface area contributed by atoms with Gasteiger partial charge in [0.25, 0.3) is 17.7 Å². The predicted octanol–water partition coefficient (Wildman–Crippen LogP) is 2.13. The van der Waals surface area contributed by atoms with Crippen LogP contribution in [0, 0.1) is 13.8 Å². The summed E-state index contributed by atoms with van der Waals surface area (Å²) in [6.45, 7) is 5.03. The monoisotopic (exact) mass is 366 g/mol. The Morgan fingerprint density at radius 2 is 1.67 bits per heavy atom. The first-order valence-electron chi connectivity index (χ1n) is 8.31. The molecule has 0 fully saturated rings. The van der Waals surface area contributed by atoms with Crippen molar-refractivity contribution in [2.45, 2.75) is 26.9 Å². The van der Waals surface area contributed by atoms with Crippen molar-refractivity contribution in [3.8, 4) is 0 Å². The second-order valence-corrected chi connectivity index (χ2v) is 6.45. The van der Waals surface area contributed by atoms with Gasteiger partial charge >= 0.3 is 5.97 Å². The normalized spacial score (nSPS) is 14.1. The first kappa shape index (κ1) is 18.3. The molecular formula is C20H18N2O5. The van der Waals surface area contributed by atoms with Crippen LogP contribution in [0.3, 0.4) is 0 Å². The fourth-order valence-corrected chi connectivity index (χ4v) is 2.83. The Morgan fingerprint density at radius 3 is 2.33 bits per heavy atom. The highest BCUT2D eigenvalue weighted by Crippen LogP contribution is 2.31. The third kappa shape index (κ3) is 3.19. The Kier molecular flexibility index (Phi) is 4.53. The minimum absolute atomic E-state index is 0.0609. The summed E-state index contributed by atoms with van der Waals surface area (Å²) in [6, 6.07) is 9.59. The van der Waals surface area contributed by atoms with Gasteiger partial charge in [-0.2, -0.15) is 0 Å². The Labute approximate surface area is 155 Å². The van der Waals surface area contributed by atoms with Crippen LogP contribution in [0.25, 0.3) is 0 Å². The Morgan fingerprint density at radius 1 is 1.00 bits per heavy atom. The molecule has 0 saturated heterocycles. The number of esters is 1. The summed E-state index contributed by atoms with van der Waals surface area (Å²) >= 11 is 0. The van der Waals surface area contributed by atoms with Gasteiger partial charge in [0.2, 0.25) is 0 Å². The molecular weight excluding hydrogens is 348 g/mol. The van der Waals surface area contributed by atoms with Crippen LogP contribution in [0.1, 0.15) is 49.1 Å². The molecule has 3 amide bonds. The summed E-state index contributed by atoms with van der Waals surface area (Å²) in [5, 5.41) is 0. The van der Waals surface area contributed by atoms with Crippen molar-refractivity contribution < 1.29 is 23.9 Å². The maximum absolute atomic E-state index is 12.9. The van der Waals surface area contributed by atoms with Crippen LogP contribution in [-0.2, 0) is 9.53 Å². The minimum Gasteiger partial charge on any atom is -0.449 e. The van der Waals surface area contributed by atoms with Crippen molar-refractivity contribution in [1.29, 1.82) is 0 Å². The number of amides is 3. The van der Waals surface area contributed by atoms with Crippen LogP contribution >= 0.6 is 0 Å². The van der Waals surface area contributed by atoms with Gasteiger partial charge in [-0.15, -0.1) is 0 Å². The van der Waals surface area contributed by atoms with Gasteiger partial charge in [-0.1, -0.05) is 12.1 Å². The number of hydrogen-bond acceptors (Lipinski definition) is 5. The Bertz CT molecular complexity index is 996. The van der Waals surface area contributed by atoms with Gasteiger partial charge in [-0.05, 0) is 56.2 Å². The van der Waals surface area contributed by atoms with Crippen molar-refractivity contribution in [1.82, 2.24) is 0 Å². The van der Waals surface area contributed by atoms with Gasteiger partial charge in [-0.3, -0.25) is 14.4 Å². The number of fused-ring (bicyclic) bond motifs is 1. The molecule has 7 nitrogen and oxygen atoms in total. The van der Waals surface area contributed by atoms with E-state index in [0.717, 1.165) is 16.0 Å². The molecule has 0 saturated carbocycles. The molecule has 0 spiro atoms. The fraction of sp³-hybridized carbons (Fsp3) is 0.200. The van der Waals surface area contributed by atoms with Gasteiger partial charge in [0.15, 0.2) is 6.10 Å². The molecule has 1 unspecified atom stereocenters. The summed E-state index contributed by atoms with van der Waals surface area (Å²) in [7, 11) is 0. The standard InChI is InChI=1S/C20H18N2O5/c1-10-4-5-11(2)16(8-10)22-18(24)14-7-6-13(9-15(14)19(22)25)20(26)27-12(3)17(21)23/h4-9,12H,1-3H3,(H2,21,23). The zero-order valence-corrected chi connectivity index (χ0v) is 15.1. The first-order valence-corrected chi connectivity index (χ1v) is 8.31. The number of carbonyl (C=O) groups excluding carboxylic acids is 4. The molecule has 1 heterocycles. The third-order valence-electron chi connectivity index (χ3n) is 4.41. The van der Waals surface area contributed by atoms with Gasteiger partial charge < -0.3 is 10.5 Å². The summed E-state index contributed by atoms with van der Waals surface area (Å²) < 4.78 is 4.94. The molecule has 0 aromatic heterocycles. The lowest BCUT2D eigenvalue weighted by atomic mass is 10.1. The molecule has 3 rings (SSSR count). The number of ether oxygens (including phenoxy) is 1. The van der Waals surface area contributed by atoms with E-state index in [1.54, 1.807) is 6.07 Å². The second kappa shape index (κ2) is 6.68. The molecule has 2 N–H and O–H groups in total. The molecule has 2 aromatic carbocycles. The molecule has 7 heteroatoms. The van der Waals surface area contributed by atoms with Gasteiger partial charge in [0.1, 0.15) is 0 Å². The molecule has 0 radical (unpaired) electrons. The zero-order chi connectivity index (χ0) is 19.9. The van der Waals surface area contributed by atoms with E-state index in [9.17, 15) is 19.2 Å². The Hall–Kier alpha value is -3.48. The fourth-order valence-electron chi connectivity index (χ4n) is 2.83. The number of anilines is 1. The minimum atomic E-state index is -1.10. The predicted molar refractivity (Wildman–Crippen MR) is 97.6 cm³/mol. The molecule has 0 aliphatic carbocycles. The molecule has 0 bridgehead atoms. The highest BCUT2D eigenvalue weighted by Gasteiger charge is 2.38. The molecule has 1 aliphatic rings. The Balaban J connectivity index is 1.96. The van der Waals surface area contributed by atoms with E-state index in [2.05, 4.69) is 0 Å². The highest BCUT2D eigenvalue weighted by atomic mass is 16.5. The molecule has 27 heavy (non-hydrogen) atoms. The van der Waals surface area contributed by atoms with Crippen molar-refractivity contribution in [2.24, 2.45) is 5.73 Å². The van der Waals surface area contributed by atoms with Crippen molar-refractivity contribution in [3.63, 3.8) is 0 Å². The van der Waals surface area contributed by atoms with Crippen LogP contribution in [0.15, 0.2) is 36.4 Å². The summed E-state index contributed by atoms with van der Waals surface area (Å²) in [4.78, 5) is 49.9. The average molecular weight is 366 g/mol. The largest absolute Gasteiger partial charge is 0.449 e. The topological polar surface area (TPSA) is 107 Å². The lowest BCUT2D eigenvalue weighted by Gasteiger charge is -2.17. The number of rotatable bonds is 4. The highest BCUT2D eigenvalue weighted by molar-refractivity contribution is 6.35. The van der Waals surface area contributed by atoms with Crippen LogP contribution in [-0.4, -0.2) is 29.8 Å². The van der Waals surface area contributed by atoms with Gasteiger partial charge in [0, 0.05) is 0 Å². The van der Waals surface area contributed by atoms with E-state index >= 15 is 0 Å². The van der Waals surface area contributed by atoms with E-state index in [4.69, 9.17) is 10.5 Å². The SMILES string of the molecule is Cc1ccc(C)c(N2C(=O)c3ccc(C(=O)OC(C)C(N)=O)cc3C2=O)c1. The first-order chi connectivity index (χ1) is 12.7. The van der Waals surface area contributed by atoms with E-state index in [0.29, 0.717) is 5.69 Å².